The highest BCUT2D eigenvalue weighted by Crippen LogP contribution is 2.24. The van der Waals surface area contributed by atoms with Gasteiger partial charge < -0.3 is 5.32 Å². The quantitative estimate of drug-likeness (QED) is 0.669. The van der Waals surface area contributed by atoms with Crippen molar-refractivity contribution in [2.45, 2.75) is 6.54 Å². The van der Waals surface area contributed by atoms with E-state index in [4.69, 9.17) is 28.5 Å². The first kappa shape index (κ1) is 15.1. The standard InChI is InChI=1S/C14H9Cl2N3O2/c15-13-4-3-12(19(20)21)5-10(13)8-18-11-2-1-9(7-17)14(16)6-11/h1-6,18H,8H2. The van der Waals surface area contributed by atoms with Gasteiger partial charge in [0.15, 0.2) is 0 Å². The van der Waals surface area contributed by atoms with Crippen LogP contribution in [0.2, 0.25) is 10.0 Å². The molecule has 0 heterocycles. The van der Waals surface area contributed by atoms with Gasteiger partial charge in [-0.15, -0.1) is 0 Å². The SMILES string of the molecule is N#Cc1ccc(NCc2cc([N+](=O)[O-])ccc2Cl)cc1Cl. The first-order chi connectivity index (χ1) is 10.0. The van der Waals surface area contributed by atoms with Gasteiger partial charge >= 0.3 is 0 Å². The maximum Gasteiger partial charge on any atom is 0.269 e. The smallest absolute Gasteiger partial charge is 0.269 e. The van der Waals surface area contributed by atoms with Gasteiger partial charge in [-0.25, -0.2) is 0 Å². The molecule has 0 saturated carbocycles. The molecule has 2 aromatic rings. The van der Waals surface area contributed by atoms with Gasteiger partial charge in [-0.05, 0) is 29.8 Å². The van der Waals surface area contributed by atoms with E-state index < -0.39 is 4.92 Å². The molecule has 0 spiro atoms. The van der Waals surface area contributed by atoms with Crippen molar-refractivity contribution in [2.24, 2.45) is 0 Å². The predicted molar refractivity (Wildman–Crippen MR) is 81.6 cm³/mol. The number of nitro benzene ring substituents is 1. The molecular weight excluding hydrogens is 313 g/mol. The van der Waals surface area contributed by atoms with Crippen molar-refractivity contribution in [2.75, 3.05) is 5.32 Å². The summed E-state index contributed by atoms with van der Waals surface area (Å²) in [6.07, 6.45) is 0. The average molecular weight is 322 g/mol. The van der Waals surface area contributed by atoms with E-state index in [0.717, 1.165) is 0 Å². The Labute approximate surface area is 130 Å². The third kappa shape index (κ3) is 3.63. The number of hydrogen-bond acceptors (Lipinski definition) is 4. The number of non-ortho nitro benzene ring substituents is 1. The van der Waals surface area contributed by atoms with E-state index in [1.54, 1.807) is 18.2 Å². The van der Waals surface area contributed by atoms with Crippen LogP contribution in [0.25, 0.3) is 0 Å². The Morgan fingerprint density at radius 3 is 2.57 bits per heavy atom. The van der Waals surface area contributed by atoms with E-state index in [1.165, 1.54) is 18.2 Å². The van der Waals surface area contributed by atoms with Crippen LogP contribution in [0.1, 0.15) is 11.1 Å². The van der Waals surface area contributed by atoms with E-state index in [9.17, 15) is 10.1 Å². The fourth-order valence-electron chi connectivity index (χ4n) is 1.72. The van der Waals surface area contributed by atoms with Gasteiger partial charge in [0.25, 0.3) is 5.69 Å². The highest BCUT2D eigenvalue weighted by atomic mass is 35.5. The molecule has 0 unspecified atom stereocenters. The number of nitrogens with zero attached hydrogens (tertiary/aromatic N) is 2. The molecule has 7 heteroatoms. The first-order valence-electron chi connectivity index (χ1n) is 5.87. The van der Waals surface area contributed by atoms with Gasteiger partial charge in [-0.1, -0.05) is 23.2 Å². The summed E-state index contributed by atoms with van der Waals surface area (Å²) in [7, 11) is 0. The largest absolute Gasteiger partial charge is 0.381 e. The van der Waals surface area contributed by atoms with Gasteiger partial charge in [0.05, 0.1) is 15.5 Å². The Hall–Kier alpha value is -2.29. The molecule has 0 aliphatic carbocycles. The van der Waals surface area contributed by atoms with Gasteiger partial charge in [-0.2, -0.15) is 5.26 Å². The lowest BCUT2D eigenvalue weighted by Crippen LogP contribution is -2.01. The highest BCUT2D eigenvalue weighted by molar-refractivity contribution is 6.32. The zero-order valence-corrected chi connectivity index (χ0v) is 12.1. The fraction of sp³-hybridized carbons (Fsp3) is 0.0714. The number of halogens is 2. The Morgan fingerprint density at radius 2 is 1.95 bits per heavy atom. The zero-order chi connectivity index (χ0) is 15.4. The lowest BCUT2D eigenvalue weighted by atomic mass is 10.2. The fourth-order valence-corrected chi connectivity index (χ4v) is 2.13. The molecule has 2 aromatic carbocycles. The highest BCUT2D eigenvalue weighted by Gasteiger charge is 2.10. The Bertz CT molecular complexity index is 741. The van der Waals surface area contributed by atoms with Crippen molar-refractivity contribution in [3.63, 3.8) is 0 Å². The lowest BCUT2D eigenvalue weighted by Gasteiger charge is -2.09. The van der Waals surface area contributed by atoms with Gasteiger partial charge in [0, 0.05) is 29.4 Å². The molecule has 0 atom stereocenters. The first-order valence-corrected chi connectivity index (χ1v) is 6.63. The maximum absolute atomic E-state index is 10.7. The van der Waals surface area contributed by atoms with Gasteiger partial charge in [-0.3, -0.25) is 10.1 Å². The van der Waals surface area contributed by atoms with Crippen molar-refractivity contribution in [3.8, 4) is 6.07 Å². The normalized spacial score (nSPS) is 9.95. The van der Waals surface area contributed by atoms with Crippen LogP contribution < -0.4 is 5.32 Å². The Balaban J connectivity index is 2.16. The van der Waals surface area contributed by atoms with E-state index in [0.29, 0.717) is 33.4 Å². The molecule has 0 aliphatic heterocycles. The predicted octanol–water partition coefficient (Wildman–Crippen LogP) is 4.39. The second-order valence-electron chi connectivity index (χ2n) is 4.19. The monoisotopic (exact) mass is 321 g/mol. The molecule has 0 bridgehead atoms. The number of nitro groups is 1. The van der Waals surface area contributed by atoms with Crippen LogP contribution in [0, 0.1) is 21.4 Å². The van der Waals surface area contributed by atoms with Crippen molar-refractivity contribution in [1.82, 2.24) is 0 Å². The summed E-state index contributed by atoms with van der Waals surface area (Å²) in [5, 5.41) is 23.4. The van der Waals surface area contributed by atoms with E-state index in [2.05, 4.69) is 5.32 Å². The summed E-state index contributed by atoms with van der Waals surface area (Å²) in [5.41, 5.74) is 1.66. The topological polar surface area (TPSA) is 79.0 Å². The summed E-state index contributed by atoms with van der Waals surface area (Å²) in [5.74, 6) is 0. The third-order valence-electron chi connectivity index (χ3n) is 2.81. The number of nitriles is 1. The minimum atomic E-state index is -0.474. The van der Waals surface area contributed by atoms with Crippen molar-refractivity contribution in [1.29, 1.82) is 5.26 Å². The second kappa shape index (κ2) is 6.44. The number of hydrogen-bond donors (Lipinski definition) is 1. The van der Waals surface area contributed by atoms with Crippen LogP contribution in [0.15, 0.2) is 36.4 Å². The molecule has 21 heavy (non-hydrogen) atoms. The van der Waals surface area contributed by atoms with E-state index >= 15 is 0 Å². The third-order valence-corrected chi connectivity index (χ3v) is 3.49. The van der Waals surface area contributed by atoms with Crippen LogP contribution in [0.4, 0.5) is 11.4 Å². The van der Waals surface area contributed by atoms with Crippen molar-refractivity contribution in [3.05, 3.63) is 67.7 Å². The van der Waals surface area contributed by atoms with Crippen molar-refractivity contribution >= 4 is 34.6 Å². The minimum Gasteiger partial charge on any atom is -0.381 e. The molecule has 0 fully saturated rings. The Morgan fingerprint density at radius 1 is 1.19 bits per heavy atom. The molecule has 0 aliphatic rings. The molecule has 2 rings (SSSR count). The number of rotatable bonds is 4. The van der Waals surface area contributed by atoms with Crippen LogP contribution >= 0.6 is 23.2 Å². The summed E-state index contributed by atoms with van der Waals surface area (Å²) in [6.45, 7) is 0.308. The molecule has 0 saturated heterocycles. The number of benzene rings is 2. The van der Waals surface area contributed by atoms with E-state index in [1.807, 2.05) is 6.07 Å². The summed E-state index contributed by atoms with van der Waals surface area (Å²) >= 11 is 11.9. The molecule has 0 aromatic heterocycles. The summed E-state index contributed by atoms with van der Waals surface area (Å²) < 4.78 is 0. The van der Waals surface area contributed by atoms with Crippen LogP contribution in [0.5, 0.6) is 0 Å². The summed E-state index contributed by atoms with van der Waals surface area (Å²) in [6, 6.07) is 11.1. The lowest BCUT2D eigenvalue weighted by molar-refractivity contribution is -0.384. The second-order valence-corrected chi connectivity index (χ2v) is 5.01. The molecular formula is C14H9Cl2N3O2. The van der Waals surface area contributed by atoms with Crippen molar-refractivity contribution < 1.29 is 4.92 Å². The molecule has 1 N–H and O–H groups in total. The zero-order valence-electron chi connectivity index (χ0n) is 10.6. The molecule has 0 radical (unpaired) electrons. The molecule has 5 nitrogen and oxygen atoms in total. The van der Waals surface area contributed by atoms with Gasteiger partial charge in [0.2, 0.25) is 0 Å². The molecule has 106 valence electrons. The molecule has 0 amide bonds. The van der Waals surface area contributed by atoms with Gasteiger partial charge in [0.1, 0.15) is 6.07 Å². The average Bonchev–Trinajstić information content (AvgIpc) is 2.46. The van der Waals surface area contributed by atoms with E-state index in [-0.39, 0.29) is 5.69 Å². The number of anilines is 1. The summed E-state index contributed by atoms with van der Waals surface area (Å²) in [4.78, 5) is 10.3. The van der Waals surface area contributed by atoms with Crippen LogP contribution in [-0.4, -0.2) is 4.92 Å². The van der Waals surface area contributed by atoms with Crippen LogP contribution in [0.3, 0.4) is 0 Å². The maximum atomic E-state index is 10.7. The van der Waals surface area contributed by atoms with Crippen LogP contribution in [-0.2, 0) is 6.54 Å². The minimum absolute atomic E-state index is 0.0194. The Kier molecular flexibility index (Phi) is 4.63. The number of nitrogens with one attached hydrogen (secondary N) is 1.